The van der Waals surface area contributed by atoms with Crippen LogP contribution >= 0.6 is 0 Å². The van der Waals surface area contributed by atoms with Gasteiger partial charge in [-0.15, -0.1) is 0 Å². The minimum absolute atomic E-state index is 0.0342. The van der Waals surface area contributed by atoms with E-state index in [1.165, 1.54) is 5.56 Å². The number of Topliss-reactive ketones (excluding diaryl/α,β-unsaturated/α-hetero) is 1. The molecule has 4 nitrogen and oxygen atoms in total. The van der Waals surface area contributed by atoms with Gasteiger partial charge in [-0.25, -0.2) is 0 Å². The number of ketones is 1. The van der Waals surface area contributed by atoms with Gasteiger partial charge < -0.3 is 4.52 Å². The molecule has 108 valence electrons. The number of carbonyl (C=O) groups excluding carboxylic acids is 1. The van der Waals surface area contributed by atoms with Crippen molar-refractivity contribution in [3.63, 3.8) is 0 Å². The summed E-state index contributed by atoms with van der Waals surface area (Å²) in [5, 5.41) is 4.25. The van der Waals surface area contributed by atoms with E-state index in [4.69, 9.17) is 4.52 Å². The van der Waals surface area contributed by atoms with Crippen LogP contribution < -0.4 is 0 Å². The molecule has 0 radical (unpaired) electrons. The first kappa shape index (κ1) is 12.7. The fourth-order valence-electron chi connectivity index (χ4n) is 3.31. The quantitative estimate of drug-likeness (QED) is 0.866. The fraction of sp³-hybridized carbons (Fsp3) is 0.471. The zero-order chi connectivity index (χ0) is 14.3. The Kier molecular flexibility index (Phi) is 2.91. The predicted molar refractivity (Wildman–Crippen MR) is 77.0 cm³/mol. The molecule has 2 aliphatic rings. The second-order valence-electron chi connectivity index (χ2n) is 6.22. The molecule has 0 N–H and O–H groups in total. The van der Waals surface area contributed by atoms with Crippen molar-refractivity contribution in [3.05, 3.63) is 47.6 Å². The first-order chi connectivity index (χ1) is 10.3. The van der Waals surface area contributed by atoms with Crippen LogP contribution in [0.25, 0.3) is 0 Å². The van der Waals surface area contributed by atoms with Gasteiger partial charge in [-0.1, -0.05) is 35.5 Å². The topological polar surface area (TPSA) is 56.0 Å². The van der Waals surface area contributed by atoms with Gasteiger partial charge in [0.25, 0.3) is 0 Å². The maximum absolute atomic E-state index is 11.3. The predicted octanol–water partition coefficient (Wildman–Crippen LogP) is 3.38. The number of nitrogens with zero attached hydrogens (tertiary/aromatic N) is 2. The van der Waals surface area contributed by atoms with Gasteiger partial charge in [-0.2, -0.15) is 4.98 Å². The Morgan fingerprint density at radius 3 is 2.48 bits per heavy atom. The molecular formula is C17H18N2O2. The van der Waals surface area contributed by atoms with Crippen LogP contribution in [0.4, 0.5) is 0 Å². The van der Waals surface area contributed by atoms with E-state index in [2.05, 4.69) is 34.4 Å². The van der Waals surface area contributed by atoms with Crippen molar-refractivity contribution < 1.29 is 9.32 Å². The van der Waals surface area contributed by atoms with Crippen LogP contribution in [0.15, 0.2) is 34.9 Å². The van der Waals surface area contributed by atoms with E-state index in [1.807, 2.05) is 6.07 Å². The molecular weight excluding hydrogens is 264 g/mol. The monoisotopic (exact) mass is 282 g/mol. The maximum Gasteiger partial charge on any atom is 0.229 e. The summed E-state index contributed by atoms with van der Waals surface area (Å²) in [5.74, 6) is 2.16. The molecule has 2 saturated carbocycles. The summed E-state index contributed by atoms with van der Waals surface area (Å²) in [6.07, 6.45) is 5.15. The lowest BCUT2D eigenvalue weighted by Crippen LogP contribution is -2.14. The van der Waals surface area contributed by atoms with Gasteiger partial charge in [-0.3, -0.25) is 4.79 Å². The fourth-order valence-corrected chi connectivity index (χ4v) is 3.31. The Hall–Kier alpha value is -1.97. The number of rotatable bonds is 3. The van der Waals surface area contributed by atoms with Gasteiger partial charge in [0, 0.05) is 18.8 Å². The zero-order valence-corrected chi connectivity index (χ0v) is 11.9. The Labute approximate surface area is 123 Å². The van der Waals surface area contributed by atoms with Crippen molar-refractivity contribution in [2.75, 3.05) is 0 Å². The van der Waals surface area contributed by atoms with Gasteiger partial charge >= 0.3 is 0 Å². The first-order valence-corrected chi connectivity index (χ1v) is 7.69. The third kappa shape index (κ3) is 2.19. The number of aromatic nitrogens is 2. The van der Waals surface area contributed by atoms with E-state index in [-0.39, 0.29) is 11.3 Å². The molecule has 2 aromatic rings. The van der Waals surface area contributed by atoms with Crippen molar-refractivity contribution in [1.82, 2.24) is 10.1 Å². The summed E-state index contributed by atoms with van der Waals surface area (Å²) in [6.45, 7) is 0. The van der Waals surface area contributed by atoms with E-state index in [0.717, 1.165) is 37.4 Å². The van der Waals surface area contributed by atoms with E-state index in [9.17, 15) is 4.79 Å². The molecule has 0 spiro atoms. The highest BCUT2D eigenvalue weighted by Crippen LogP contribution is 2.52. The van der Waals surface area contributed by atoms with Crippen LogP contribution in [0.2, 0.25) is 0 Å². The summed E-state index contributed by atoms with van der Waals surface area (Å²) in [6, 6.07) is 10.4. The molecule has 0 amide bonds. The van der Waals surface area contributed by atoms with Crippen LogP contribution in [0.3, 0.4) is 0 Å². The van der Waals surface area contributed by atoms with Gasteiger partial charge in [0.2, 0.25) is 5.89 Å². The number of hydrogen-bond acceptors (Lipinski definition) is 4. The molecule has 1 heterocycles. The second kappa shape index (κ2) is 4.79. The molecule has 2 fully saturated rings. The summed E-state index contributed by atoms with van der Waals surface area (Å²) < 4.78 is 5.51. The summed E-state index contributed by atoms with van der Waals surface area (Å²) >= 11 is 0. The Bertz CT molecular complexity index is 648. The van der Waals surface area contributed by atoms with Gasteiger partial charge in [0.15, 0.2) is 5.82 Å². The standard InChI is InChI=1S/C17H18N2O2/c20-14-8-6-12(7-9-14)15-18-16(19-21-15)17(10-11-17)13-4-2-1-3-5-13/h1-5,12H,6-11H2. The lowest BCUT2D eigenvalue weighted by molar-refractivity contribution is -0.120. The Morgan fingerprint density at radius 2 is 1.81 bits per heavy atom. The molecule has 0 bridgehead atoms. The molecule has 4 heteroatoms. The molecule has 21 heavy (non-hydrogen) atoms. The lowest BCUT2D eigenvalue weighted by Gasteiger charge is -2.16. The van der Waals surface area contributed by atoms with E-state index < -0.39 is 0 Å². The molecule has 0 unspecified atom stereocenters. The molecule has 1 aromatic carbocycles. The molecule has 0 saturated heterocycles. The average Bonchev–Trinajstić information content (AvgIpc) is 3.20. The maximum atomic E-state index is 11.3. The van der Waals surface area contributed by atoms with Crippen molar-refractivity contribution in [2.45, 2.75) is 49.9 Å². The second-order valence-corrected chi connectivity index (χ2v) is 6.22. The first-order valence-electron chi connectivity index (χ1n) is 7.69. The van der Waals surface area contributed by atoms with E-state index >= 15 is 0 Å². The Balaban J connectivity index is 1.59. The summed E-state index contributed by atoms with van der Waals surface area (Å²) in [7, 11) is 0. The lowest BCUT2D eigenvalue weighted by atomic mass is 9.88. The summed E-state index contributed by atoms with van der Waals surface area (Å²) in [5.41, 5.74) is 1.24. The minimum atomic E-state index is -0.0342. The van der Waals surface area contributed by atoms with Gasteiger partial charge in [-0.05, 0) is 31.2 Å². The van der Waals surface area contributed by atoms with Crippen LogP contribution in [-0.2, 0) is 10.2 Å². The number of benzene rings is 1. The zero-order valence-electron chi connectivity index (χ0n) is 11.9. The third-order valence-electron chi connectivity index (χ3n) is 4.84. The molecule has 0 aliphatic heterocycles. The normalized spacial score (nSPS) is 21.4. The Morgan fingerprint density at radius 1 is 1.10 bits per heavy atom. The van der Waals surface area contributed by atoms with E-state index in [1.54, 1.807) is 0 Å². The average molecular weight is 282 g/mol. The van der Waals surface area contributed by atoms with Crippen LogP contribution in [0, 0.1) is 0 Å². The van der Waals surface area contributed by atoms with Crippen LogP contribution in [0.1, 0.15) is 61.7 Å². The molecule has 1 aromatic heterocycles. The molecule has 4 rings (SSSR count). The molecule has 0 atom stereocenters. The number of carbonyl (C=O) groups is 1. The summed E-state index contributed by atoms with van der Waals surface area (Å²) in [4.78, 5) is 16.0. The van der Waals surface area contributed by atoms with Crippen LogP contribution in [-0.4, -0.2) is 15.9 Å². The highest BCUT2D eigenvalue weighted by atomic mass is 16.5. The largest absolute Gasteiger partial charge is 0.339 e. The van der Waals surface area contributed by atoms with Crippen LogP contribution in [0.5, 0.6) is 0 Å². The third-order valence-corrected chi connectivity index (χ3v) is 4.84. The van der Waals surface area contributed by atoms with E-state index in [0.29, 0.717) is 18.6 Å². The minimum Gasteiger partial charge on any atom is -0.339 e. The van der Waals surface area contributed by atoms with Crippen molar-refractivity contribution in [1.29, 1.82) is 0 Å². The smallest absolute Gasteiger partial charge is 0.229 e. The van der Waals surface area contributed by atoms with Crippen molar-refractivity contribution in [3.8, 4) is 0 Å². The SMILES string of the molecule is O=C1CCC(c2nc(C3(c4ccccc4)CC3)no2)CC1. The highest BCUT2D eigenvalue weighted by Gasteiger charge is 2.50. The highest BCUT2D eigenvalue weighted by molar-refractivity contribution is 5.79. The van der Waals surface area contributed by atoms with Crippen molar-refractivity contribution >= 4 is 5.78 Å². The van der Waals surface area contributed by atoms with Gasteiger partial charge in [0.05, 0.1) is 5.41 Å². The van der Waals surface area contributed by atoms with Gasteiger partial charge in [0.1, 0.15) is 5.78 Å². The number of hydrogen-bond donors (Lipinski definition) is 0. The molecule has 2 aliphatic carbocycles. The van der Waals surface area contributed by atoms with Crippen molar-refractivity contribution in [2.24, 2.45) is 0 Å².